The van der Waals surface area contributed by atoms with Crippen molar-refractivity contribution in [1.82, 2.24) is 10.1 Å². The van der Waals surface area contributed by atoms with Crippen molar-refractivity contribution in [2.24, 2.45) is 0 Å². The van der Waals surface area contributed by atoms with Gasteiger partial charge in [0, 0.05) is 18.7 Å². The summed E-state index contributed by atoms with van der Waals surface area (Å²) in [5.74, 6) is 0. The van der Waals surface area contributed by atoms with Crippen molar-refractivity contribution in [3.05, 3.63) is 17.5 Å². The maximum Gasteiger partial charge on any atom is 0.128 e. The molecule has 0 bridgehead atoms. The van der Waals surface area contributed by atoms with Gasteiger partial charge in [-0.3, -0.25) is 4.90 Å². The van der Waals surface area contributed by atoms with Crippen LogP contribution in [0, 0.1) is 0 Å². The monoisotopic (exact) mass is 124 g/mol. The van der Waals surface area contributed by atoms with Crippen LogP contribution in [0.1, 0.15) is 11.3 Å². The van der Waals surface area contributed by atoms with Gasteiger partial charge in [-0.05, 0) is 7.05 Å². The molecule has 48 valence electrons. The molecule has 1 aliphatic heterocycles. The minimum absolute atomic E-state index is 0.936. The van der Waals surface area contributed by atoms with Crippen LogP contribution in [0.4, 0.5) is 0 Å². The average molecular weight is 124 g/mol. The highest BCUT2D eigenvalue weighted by Gasteiger charge is 2.18. The quantitative estimate of drug-likeness (QED) is 0.507. The Hall–Kier alpha value is -0.830. The Morgan fingerprint density at radius 1 is 1.67 bits per heavy atom. The van der Waals surface area contributed by atoms with Gasteiger partial charge in [-0.1, -0.05) is 5.16 Å². The first-order valence-electron chi connectivity index (χ1n) is 2.97. The summed E-state index contributed by atoms with van der Waals surface area (Å²) in [5, 5.41) is 3.83. The molecular formula is C6H8N2O. The minimum atomic E-state index is 0.936. The molecule has 0 unspecified atom stereocenters. The Kier molecular flexibility index (Phi) is 0.873. The first-order chi connectivity index (χ1) is 4.36. The second-order valence-electron chi connectivity index (χ2n) is 2.46. The molecular weight excluding hydrogens is 116 g/mol. The molecule has 1 aromatic heterocycles. The molecule has 0 aliphatic carbocycles. The molecule has 0 amide bonds. The van der Waals surface area contributed by atoms with E-state index in [1.165, 1.54) is 5.56 Å². The molecule has 3 nitrogen and oxygen atoms in total. The fourth-order valence-corrected chi connectivity index (χ4v) is 1.14. The lowest BCUT2D eigenvalue weighted by molar-refractivity contribution is 0.322. The molecule has 0 saturated carbocycles. The van der Waals surface area contributed by atoms with E-state index in [-0.39, 0.29) is 0 Å². The Labute approximate surface area is 53.2 Å². The number of fused-ring (bicyclic) bond motifs is 1. The second kappa shape index (κ2) is 1.57. The summed E-state index contributed by atoms with van der Waals surface area (Å²) in [6.45, 7) is 1.92. The molecule has 0 N–H and O–H groups in total. The SMILES string of the molecule is CN1Cc2conc2C1. The summed E-state index contributed by atoms with van der Waals surface area (Å²) in [6.07, 6.45) is 1.72. The minimum Gasteiger partial charge on any atom is -0.364 e. The van der Waals surface area contributed by atoms with Crippen molar-refractivity contribution < 1.29 is 4.52 Å². The first-order valence-corrected chi connectivity index (χ1v) is 2.97. The summed E-state index contributed by atoms with van der Waals surface area (Å²) in [4.78, 5) is 2.20. The highest BCUT2D eigenvalue weighted by molar-refractivity contribution is 5.18. The number of hydrogen-bond acceptors (Lipinski definition) is 3. The van der Waals surface area contributed by atoms with Gasteiger partial charge in [0.05, 0.1) is 0 Å². The lowest BCUT2D eigenvalue weighted by atomic mass is 10.3. The van der Waals surface area contributed by atoms with Crippen LogP contribution in [-0.2, 0) is 13.1 Å². The second-order valence-corrected chi connectivity index (χ2v) is 2.46. The molecule has 9 heavy (non-hydrogen) atoms. The van der Waals surface area contributed by atoms with Crippen LogP contribution in [0.5, 0.6) is 0 Å². The van der Waals surface area contributed by atoms with Crippen LogP contribution in [0.25, 0.3) is 0 Å². The third-order valence-electron chi connectivity index (χ3n) is 1.59. The molecule has 1 aliphatic rings. The maximum absolute atomic E-state index is 4.76. The van der Waals surface area contributed by atoms with Crippen LogP contribution in [0.2, 0.25) is 0 Å². The summed E-state index contributed by atoms with van der Waals surface area (Å²) in [7, 11) is 2.07. The van der Waals surface area contributed by atoms with E-state index in [2.05, 4.69) is 17.1 Å². The van der Waals surface area contributed by atoms with E-state index in [4.69, 9.17) is 4.52 Å². The normalized spacial score (nSPS) is 18.3. The highest BCUT2D eigenvalue weighted by atomic mass is 16.5. The molecule has 2 rings (SSSR count). The number of aromatic nitrogens is 1. The zero-order valence-electron chi connectivity index (χ0n) is 5.29. The van der Waals surface area contributed by atoms with Crippen LogP contribution < -0.4 is 0 Å². The van der Waals surface area contributed by atoms with E-state index in [1.807, 2.05) is 0 Å². The lowest BCUT2D eigenvalue weighted by Crippen LogP contribution is -2.08. The van der Waals surface area contributed by atoms with Crippen molar-refractivity contribution in [2.45, 2.75) is 13.1 Å². The molecule has 1 aromatic rings. The fraction of sp³-hybridized carbons (Fsp3) is 0.500. The van der Waals surface area contributed by atoms with E-state index < -0.39 is 0 Å². The lowest BCUT2D eigenvalue weighted by Gasteiger charge is -2.02. The van der Waals surface area contributed by atoms with Gasteiger partial charge in [0.1, 0.15) is 12.0 Å². The van der Waals surface area contributed by atoms with Crippen molar-refractivity contribution in [1.29, 1.82) is 0 Å². The van der Waals surface area contributed by atoms with Gasteiger partial charge in [-0.2, -0.15) is 0 Å². The third kappa shape index (κ3) is 0.650. The largest absolute Gasteiger partial charge is 0.364 e. The fourth-order valence-electron chi connectivity index (χ4n) is 1.14. The van der Waals surface area contributed by atoms with Crippen LogP contribution >= 0.6 is 0 Å². The van der Waals surface area contributed by atoms with Gasteiger partial charge in [0.2, 0.25) is 0 Å². The van der Waals surface area contributed by atoms with Gasteiger partial charge >= 0.3 is 0 Å². The molecule has 0 atom stereocenters. The highest BCUT2D eigenvalue weighted by Crippen LogP contribution is 2.18. The topological polar surface area (TPSA) is 29.3 Å². The van der Waals surface area contributed by atoms with Crippen LogP contribution in [0.15, 0.2) is 10.8 Å². The van der Waals surface area contributed by atoms with Gasteiger partial charge < -0.3 is 4.52 Å². The van der Waals surface area contributed by atoms with E-state index in [9.17, 15) is 0 Å². The maximum atomic E-state index is 4.76. The van der Waals surface area contributed by atoms with Crippen LogP contribution in [0.3, 0.4) is 0 Å². The third-order valence-corrected chi connectivity index (χ3v) is 1.59. The summed E-state index contributed by atoms with van der Waals surface area (Å²) < 4.78 is 4.76. The summed E-state index contributed by atoms with van der Waals surface area (Å²) >= 11 is 0. The van der Waals surface area contributed by atoms with Crippen molar-refractivity contribution in [3.8, 4) is 0 Å². The molecule has 2 heterocycles. The summed E-state index contributed by atoms with van der Waals surface area (Å²) in [5.41, 5.74) is 2.33. The van der Waals surface area contributed by atoms with E-state index in [0.717, 1.165) is 18.8 Å². The Balaban J connectivity index is 2.39. The summed E-state index contributed by atoms with van der Waals surface area (Å²) in [6, 6.07) is 0. The first kappa shape index (κ1) is 4.99. The molecule has 0 spiro atoms. The van der Waals surface area contributed by atoms with Gasteiger partial charge in [-0.25, -0.2) is 0 Å². The molecule has 0 aromatic carbocycles. The van der Waals surface area contributed by atoms with Crippen molar-refractivity contribution >= 4 is 0 Å². The standard InChI is InChI=1S/C6H8N2O/c1-8-2-5-4-9-7-6(5)3-8/h4H,2-3H2,1H3. The van der Waals surface area contributed by atoms with Crippen molar-refractivity contribution in [2.75, 3.05) is 7.05 Å². The Morgan fingerprint density at radius 3 is 3.33 bits per heavy atom. The van der Waals surface area contributed by atoms with Gasteiger partial charge in [0.15, 0.2) is 0 Å². The Bertz CT molecular complexity index is 198. The molecule has 0 saturated heterocycles. The molecule has 3 heteroatoms. The van der Waals surface area contributed by atoms with E-state index >= 15 is 0 Å². The number of rotatable bonds is 0. The Morgan fingerprint density at radius 2 is 2.56 bits per heavy atom. The number of hydrogen-bond donors (Lipinski definition) is 0. The number of nitrogens with zero attached hydrogens (tertiary/aromatic N) is 2. The van der Waals surface area contributed by atoms with Gasteiger partial charge in [0.25, 0.3) is 0 Å². The zero-order valence-corrected chi connectivity index (χ0v) is 5.29. The van der Waals surface area contributed by atoms with Crippen LogP contribution in [-0.4, -0.2) is 17.1 Å². The van der Waals surface area contributed by atoms with E-state index in [0.29, 0.717) is 0 Å². The molecule has 0 fully saturated rings. The predicted molar refractivity (Wildman–Crippen MR) is 31.7 cm³/mol. The van der Waals surface area contributed by atoms with E-state index in [1.54, 1.807) is 6.26 Å². The van der Waals surface area contributed by atoms with Gasteiger partial charge in [-0.15, -0.1) is 0 Å². The predicted octanol–water partition coefficient (Wildman–Crippen LogP) is 0.620. The molecule has 0 radical (unpaired) electrons. The van der Waals surface area contributed by atoms with Crippen molar-refractivity contribution in [3.63, 3.8) is 0 Å². The average Bonchev–Trinajstić information content (AvgIpc) is 2.22. The smallest absolute Gasteiger partial charge is 0.128 e. The zero-order chi connectivity index (χ0) is 6.27.